The molecule has 1 aromatic heterocycles. The molecule has 0 aliphatic heterocycles. The van der Waals surface area contributed by atoms with Crippen molar-refractivity contribution in [1.82, 2.24) is 30.9 Å². The summed E-state index contributed by atoms with van der Waals surface area (Å²) in [5, 5.41) is 16.7. The number of benzene rings is 1. The zero-order chi connectivity index (χ0) is 18.4. The van der Waals surface area contributed by atoms with E-state index in [0.29, 0.717) is 24.2 Å². The maximum atomic E-state index is 12.0. The number of carbonyl (C=O) groups excluding carboxylic acids is 2. The predicted molar refractivity (Wildman–Crippen MR) is 96.4 cm³/mol. The van der Waals surface area contributed by atoms with Crippen LogP contribution in [-0.4, -0.2) is 45.6 Å². The average Bonchev–Trinajstić information content (AvgIpc) is 2.96. The van der Waals surface area contributed by atoms with Crippen LogP contribution >= 0.6 is 0 Å². The van der Waals surface area contributed by atoms with Crippen LogP contribution in [-0.2, 0) is 6.54 Å². The molecule has 0 radical (unpaired) electrons. The second-order valence-electron chi connectivity index (χ2n) is 6.35. The highest BCUT2D eigenvalue weighted by molar-refractivity contribution is 5.97. The summed E-state index contributed by atoms with van der Waals surface area (Å²) in [7, 11) is 0. The van der Waals surface area contributed by atoms with Crippen molar-refractivity contribution in [3.05, 3.63) is 23.8 Å². The first-order valence-corrected chi connectivity index (χ1v) is 8.59. The maximum Gasteiger partial charge on any atom is 0.315 e. The van der Waals surface area contributed by atoms with E-state index in [4.69, 9.17) is 0 Å². The Kier molecular flexibility index (Phi) is 6.32. The summed E-state index contributed by atoms with van der Waals surface area (Å²) in [5.41, 5.74) is 2.03. The normalized spacial score (nSPS) is 12.2. The molecule has 1 heterocycles. The van der Waals surface area contributed by atoms with E-state index in [1.807, 2.05) is 33.8 Å². The van der Waals surface area contributed by atoms with Gasteiger partial charge in [-0.2, -0.15) is 0 Å². The minimum Gasteiger partial charge on any atom is -0.350 e. The molecule has 8 nitrogen and oxygen atoms in total. The molecular formula is C17H26N6O2. The molecule has 0 fully saturated rings. The monoisotopic (exact) mass is 346 g/mol. The molecular weight excluding hydrogens is 320 g/mol. The second kappa shape index (κ2) is 8.46. The van der Waals surface area contributed by atoms with Gasteiger partial charge in [-0.1, -0.05) is 12.1 Å². The van der Waals surface area contributed by atoms with Crippen LogP contribution in [0.15, 0.2) is 18.2 Å². The van der Waals surface area contributed by atoms with Crippen molar-refractivity contribution >= 4 is 23.0 Å². The lowest BCUT2D eigenvalue weighted by atomic mass is 10.2. The van der Waals surface area contributed by atoms with Crippen LogP contribution in [0.4, 0.5) is 4.79 Å². The highest BCUT2D eigenvalue weighted by atomic mass is 16.2. The van der Waals surface area contributed by atoms with E-state index in [-0.39, 0.29) is 24.0 Å². The van der Waals surface area contributed by atoms with Gasteiger partial charge in [0.25, 0.3) is 5.91 Å². The number of urea groups is 1. The van der Waals surface area contributed by atoms with Crippen LogP contribution in [0, 0.1) is 0 Å². The van der Waals surface area contributed by atoms with Crippen molar-refractivity contribution < 1.29 is 9.59 Å². The molecule has 3 N–H and O–H groups in total. The SMILES string of the molecule is CCC(C)NC(=O)NCCn1nnc2cc(C(=O)NC(C)C)ccc21. The van der Waals surface area contributed by atoms with E-state index >= 15 is 0 Å². The predicted octanol–water partition coefficient (Wildman–Crippen LogP) is 1.67. The quantitative estimate of drug-likeness (QED) is 0.710. The third-order valence-electron chi connectivity index (χ3n) is 3.79. The van der Waals surface area contributed by atoms with Gasteiger partial charge in [-0.25, -0.2) is 9.48 Å². The Morgan fingerprint density at radius 3 is 2.64 bits per heavy atom. The van der Waals surface area contributed by atoms with Crippen LogP contribution in [0.3, 0.4) is 0 Å². The van der Waals surface area contributed by atoms with E-state index in [9.17, 15) is 9.59 Å². The smallest absolute Gasteiger partial charge is 0.315 e. The molecule has 0 spiro atoms. The summed E-state index contributed by atoms with van der Waals surface area (Å²) < 4.78 is 1.71. The Morgan fingerprint density at radius 1 is 1.20 bits per heavy atom. The molecule has 2 aromatic rings. The molecule has 1 aromatic carbocycles. The average molecular weight is 346 g/mol. The summed E-state index contributed by atoms with van der Waals surface area (Å²) in [6.45, 7) is 8.74. The second-order valence-corrected chi connectivity index (χ2v) is 6.35. The lowest BCUT2D eigenvalue weighted by Gasteiger charge is -2.12. The number of nitrogens with zero attached hydrogens (tertiary/aromatic N) is 3. The van der Waals surface area contributed by atoms with Gasteiger partial charge in [0.15, 0.2) is 0 Å². The van der Waals surface area contributed by atoms with Crippen LogP contribution in [0.1, 0.15) is 44.5 Å². The number of amides is 3. The van der Waals surface area contributed by atoms with Crippen molar-refractivity contribution in [1.29, 1.82) is 0 Å². The van der Waals surface area contributed by atoms with Crippen molar-refractivity contribution in [2.45, 2.75) is 52.7 Å². The van der Waals surface area contributed by atoms with Crippen LogP contribution in [0.25, 0.3) is 11.0 Å². The first-order chi connectivity index (χ1) is 11.9. The van der Waals surface area contributed by atoms with Crippen LogP contribution < -0.4 is 16.0 Å². The Morgan fingerprint density at radius 2 is 1.96 bits per heavy atom. The van der Waals surface area contributed by atoms with E-state index in [0.717, 1.165) is 11.9 Å². The van der Waals surface area contributed by atoms with Crippen LogP contribution in [0.2, 0.25) is 0 Å². The van der Waals surface area contributed by atoms with E-state index in [2.05, 4.69) is 26.3 Å². The molecule has 3 amide bonds. The Balaban J connectivity index is 1.97. The zero-order valence-electron chi connectivity index (χ0n) is 15.2. The van der Waals surface area contributed by atoms with Crippen molar-refractivity contribution in [2.75, 3.05) is 6.54 Å². The van der Waals surface area contributed by atoms with E-state index in [1.165, 1.54) is 0 Å². The van der Waals surface area contributed by atoms with Gasteiger partial charge in [0, 0.05) is 24.2 Å². The summed E-state index contributed by atoms with van der Waals surface area (Å²) in [6.07, 6.45) is 0.883. The third kappa shape index (κ3) is 5.17. The van der Waals surface area contributed by atoms with Gasteiger partial charge >= 0.3 is 6.03 Å². The molecule has 0 aliphatic rings. The number of nitrogens with one attached hydrogen (secondary N) is 3. The minimum absolute atomic E-state index is 0.0755. The number of aromatic nitrogens is 3. The number of fused-ring (bicyclic) bond motifs is 1. The molecule has 1 atom stereocenters. The first-order valence-electron chi connectivity index (χ1n) is 8.59. The Bertz CT molecular complexity index is 740. The van der Waals surface area contributed by atoms with Gasteiger partial charge in [0.2, 0.25) is 0 Å². The van der Waals surface area contributed by atoms with Crippen molar-refractivity contribution in [3.63, 3.8) is 0 Å². The van der Waals surface area contributed by atoms with Gasteiger partial charge < -0.3 is 16.0 Å². The molecule has 2 rings (SSSR count). The summed E-state index contributed by atoms with van der Waals surface area (Å²) >= 11 is 0. The number of hydrogen-bond donors (Lipinski definition) is 3. The maximum absolute atomic E-state index is 12.0. The topological polar surface area (TPSA) is 101 Å². The number of carbonyl (C=O) groups is 2. The lowest BCUT2D eigenvalue weighted by Crippen LogP contribution is -2.41. The highest BCUT2D eigenvalue weighted by Gasteiger charge is 2.11. The van der Waals surface area contributed by atoms with Gasteiger partial charge in [0.1, 0.15) is 5.52 Å². The fourth-order valence-corrected chi connectivity index (χ4v) is 2.28. The van der Waals surface area contributed by atoms with Gasteiger partial charge in [-0.05, 0) is 45.4 Å². The minimum atomic E-state index is -0.189. The molecule has 136 valence electrons. The highest BCUT2D eigenvalue weighted by Crippen LogP contribution is 2.13. The molecule has 0 bridgehead atoms. The van der Waals surface area contributed by atoms with Crippen LogP contribution in [0.5, 0.6) is 0 Å². The lowest BCUT2D eigenvalue weighted by molar-refractivity contribution is 0.0943. The summed E-state index contributed by atoms with van der Waals surface area (Å²) in [6, 6.07) is 5.33. The largest absolute Gasteiger partial charge is 0.350 e. The fourth-order valence-electron chi connectivity index (χ4n) is 2.28. The molecule has 8 heteroatoms. The molecule has 0 aliphatic carbocycles. The number of rotatable bonds is 7. The van der Waals surface area contributed by atoms with E-state index < -0.39 is 0 Å². The molecule has 0 saturated heterocycles. The van der Waals surface area contributed by atoms with Gasteiger partial charge in [-0.3, -0.25) is 4.79 Å². The van der Waals surface area contributed by atoms with Crippen molar-refractivity contribution in [2.24, 2.45) is 0 Å². The Labute approximate surface area is 147 Å². The zero-order valence-corrected chi connectivity index (χ0v) is 15.2. The summed E-state index contributed by atoms with van der Waals surface area (Å²) in [4.78, 5) is 23.7. The van der Waals surface area contributed by atoms with Gasteiger partial charge in [-0.15, -0.1) is 5.10 Å². The van der Waals surface area contributed by atoms with Crippen molar-refractivity contribution in [3.8, 4) is 0 Å². The molecule has 0 saturated carbocycles. The first kappa shape index (κ1) is 18.7. The fraction of sp³-hybridized carbons (Fsp3) is 0.529. The van der Waals surface area contributed by atoms with Gasteiger partial charge in [0.05, 0.1) is 12.1 Å². The Hall–Kier alpha value is -2.64. The molecule has 25 heavy (non-hydrogen) atoms. The molecule has 1 unspecified atom stereocenters. The third-order valence-corrected chi connectivity index (χ3v) is 3.79. The standard InChI is InChI=1S/C17H26N6O2/c1-5-12(4)20-17(25)18-8-9-23-15-7-6-13(10-14(15)21-22-23)16(24)19-11(2)3/h6-7,10-12H,5,8-9H2,1-4H3,(H,19,24)(H2,18,20,25). The summed E-state index contributed by atoms with van der Waals surface area (Å²) in [5.74, 6) is -0.130. The number of hydrogen-bond acceptors (Lipinski definition) is 4. The van der Waals surface area contributed by atoms with E-state index in [1.54, 1.807) is 16.8 Å².